The summed E-state index contributed by atoms with van der Waals surface area (Å²) in [6.07, 6.45) is 5.06. The Kier molecular flexibility index (Phi) is 5.16. The molecule has 29 heavy (non-hydrogen) atoms. The SMILES string of the molecule is Cn1ccc(-c2cccc(-c3csc(NC(=O)CNC(=O)c4cc[nH]c4)n3)n2)n1. The lowest BCUT2D eigenvalue weighted by molar-refractivity contribution is -0.115. The summed E-state index contributed by atoms with van der Waals surface area (Å²) in [7, 11) is 1.85. The van der Waals surface area contributed by atoms with Crippen LogP contribution in [0, 0.1) is 0 Å². The predicted molar refractivity (Wildman–Crippen MR) is 109 cm³/mol. The molecule has 4 aromatic heterocycles. The zero-order chi connectivity index (χ0) is 20.2. The van der Waals surface area contributed by atoms with Crippen LogP contribution in [0.5, 0.6) is 0 Å². The molecule has 0 unspecified atom stereocenters. The first-order chi connectivity index (χ1) is 14.1. The summed E-state index contributed by atoms with van der Waals surface area (Å²) >= 11 is 1.29. The maximum Gasteiger partial charge on any atom is 0.253 e. The number of thiazole rings is 1. The minimum atomic E-state index is -0.356. The third-order valence-corrected chi connectivity index (χ3v) is 4.77. The Labute approximate surface area is 169 Å². The van der Waals surface area contributed by atoms with Crippen molar-refractivity contribution in [1.82, 2.24) is 30.0 Å². The second-order valence-electron chi connectivity index (χ2n) is 6.15. The highest BCUT2D eigenvalue weighted by molar-refractivity contribution is 7.14. The number of aromatic nitrogens is 5. The second-order valence-corrected chi connectivity index (χ2v) is 7.01. The van der Waals surface area contributed by atoms with Crippen LogP contribution in [-0.4, -0.2) is 43.1 Å². The van der Waals surface area contributed by atoms with Gasteiger partial charge in [0.2, 0.25) is 5.91 Å². The van der Waals surface area contributed by atoms with Crippen LogP contribution in [0.1, 0.15) is 10.4 Å². The van der Waals surface area contributed by atoms with E-state index in [-0.39, 0.29) is 18.4 Å². The Morgan fingerprint density at radius 2 is 1.93 bits per heavy atom. The Hall–Kier alpha value is -3.79. The third kappa shape index (κ3) is 4.38. The van der Waals surface area contributed by atoms with Crippen LogP contribution >= 0.6 is 11.3 Å². The van der Waals surface area contributed by atoms with Crippen LogP contribution in [0.2, 0.25) is 0 Å². The number of nitrogens with zero attached hydrogens (tertiary/aromatic N) is 4. The van der Waals surface area contributed by atoms with E-state index in [0.717, 1.165) is 11.4 Å². The average molecular weight is 407 g/mol. The molecule has 0 saturated carbocycles. The molecule has 0 aliphatic carbocycles. The minimum Gasteiger partial charge on any atom is -0.367 e. The molecule has 0 atom stereocenters. The molecule has 9 nitrogen and oxygen atoms in total. The summed E-state index contributed by atoms with van der Waals surface area (Å²) in [4.78, 5) is 35.8. The van der Waals surface area contributed by atoms with E-state index in [9.17, 15) is 9.59 Å². The van der Waals surface area contributed by atoms with E-state index in [1.165, 1.54) is 11.3 Å². The molecular formula is C19H17N7O2S. The highest BCUT2D eigenvalue weighted by Crippen LogP contribution is 2.25. The van der Waals surface area contributed by atoms with Gasteiger partial charge in [-0.15, -0.1) is 11.3 Å². The number of carbonyl (C=O) groups excluding carboxylic acids is 2. The molecule has 0 bridgehead atoms. The van der Waals surface area contributed by atoms with Crippen molar-refractivity contribution >= 4 is 28.3 Å². The molecule has 4 rings (SSSR count). The van der Waals surface area contributed by atoms with E-state index < -0.39 is 0 Å². The first-order valence-electron chi connectivity index (χ1n) is 8.72. The summed E-state index contributed by atoms with van der Waals surface area (Å²) in [5.74, 6) is -0.679. The number of hydrogen-bond donors (Lipinski definition) is 3. The van der Waals surface area contributed by atoms with Gasteiger partial charge >= 0.3 is 0 Å². The van der Waals surface area contributed by atoms with Crippen LogP contribution in [0.3, 0.4) is 0 Å². The number of anilines is 1. The van der Waals surface area contributed by atoms with Crippen molar-refractivity contribution in [3.8, 4) is 22.8 Å². The lowest BCUT2D eigenvalue weighted by Crippen LogP contribution is -2.32. The Balaban J connectivity index is 1.39. The summed E-state index contributed by atoms with van der Waals surface area (Å²) in [5, 5.41) is 11.9. The highest BCUT2D eigenvalue weighted by atomic mass is 32.1. The minimum absolute atomic E-state index is 0.146. The molecule has 3 N–H and O–H groups in total. The van der Waals surface area contributed by atoms with Crippen molar-refractivity contribution in [3.63, 3.8) is 0 Å². The monoisotopic (exact) mass is 407 g/mol. The van der Waals surface area contributed by atoms with Crippen molar-refractivity contribution in [2.75, 3.05) is 11.9 Å². The molecule has 0 fully saturated rings. The van der Waals surface area contributed by atoms with Crippen LogP contribution in [-0.2, 0) is 11.8 Å². The fourth-order valence-electron chi connectivity index (χ4n) is 2.61. The number of amides is 2. The number of hydrogen-bond acceptors (Lipinski definition) is 6. The molecule has 4 aromatic rings. The number of H-pyrrole nitrogens is 1. The first kappa shape index (κ1) is 18.6. The van der Waals surface area contributed by atoms with Crippen molar-refractivity contribution in [2.24, 2.45) is 7.05 Å². The predicted octanol–water partition coefficient (Wildman–Crippen LogP) is 2.30. The van der Waals surface area contributed by atoms with Crippen molar-refractivity contribution in [1.29, 1.82) is 0 Å². The first-order valence-corrected chi connectivity index (χ1v) is 9.60. The highest BCUT2D eigenvalue weighted by Gasteiger charge is 2.12. The van der Waals surface area contributed by atoms with Gasteiger partial charge in [0.15, 0.2) is 5.13 Å². The molecule has 0 saturated heterocycles. The number of carbonyl (C=O) groups is 2. The molecule has 0 aliphatic heterocycles. The number of rotatable bonds is 6. The summed E-state index contributed by atoms with van der Waals surface area (Å²) in [6.45, 7) is -0.146. The number of aryl methyl sites for hydroxylation is 1. The van der Waals surface area contributed by atoms with E-state index in [1.54, 1.807) is 23.1 Å². The van der Waals surface area contributed by atoms with Gasteiger partial charge in [-0.3, -0.25) is 14.3 Å². The Bertz CT molecular complexity index is 1150. The van der Waals surface area contributed by atoms with Gasteiger partial charge < -0.3 is 15.6 Å². The lowest BCUT2D eigenvalue weighted by atomic mass is 10.2. The molecule has 0 aromatic carbocycles. The van der Waals surface area contributed by atoms with Gasteiger partial charge in [0.1, 0.15) is 11.4 Å². The zero-order valence-electron chi connectivity index (χ0n) is 15.4. The van der Waals surface area contributed by atoms with Gasteiger partial charge in [0, 0.05) is 31.0 Å². The summed E-state index contributed by atoms with van der Waals surface area (Å²) in [5.41, 5.74) is 3.32. The maximum atomic E-state index is 12.1. The summed E-state index contributed by atoms with van der Waals surface area (Å²) in [6, 6.07) is 9.14. The van der Waals surface area contributed by atoms with Crippen molar-refractivity contribution in [3.05, 3.63) is 59.9 Å². The van der Waals surface area contributed by atoms with Gasteiger partial charge in [-0.05, 0) is 24.3 Å². The van der Waals surface area contributed by atoms with Gasteiger partial charge in [-0.2, -0.15) is 5.10 Å². The molecule has 146 valence electrons. The number of pyridine rings is 1. The van der Waals surface area contributed by atoms with Gasteiger partial charge in [0.05, 0.1) is 23.5 Å². The molecule has 4 heterocycles. The van der Waals surface area contributed by atoms with Gasteiger partial charge in [0.25, 0.3) is 5.91 Å². The largest absolute Gasteiger partial charge is 0.367 e. The zero-order valence-corrected chi connectivity index (χ0v) is 16.2. The van der Waals surface area contributed by atoms with E-state index >= 15 is 0 Å². The molecule has 10 heteroatoms. The Morgan fingerprint density at radius 3 is 2.66 bits per heavy atom. The van der Waals surface area contributed by atoms with Gasteiger partial charge in [-0.25, -0.2) is 9.97 Å². The molecular weight excluding hydrogens is 390 g/mol. The number of aromatic amines is 1. The average Bonchev–Trinajstić information content (AvgIpc) is 3.48. The van der Waals surface area contributed by atoms with Crippen LogP contribution in [0.4, 0.5) is 5.13 Å². The molecule has 0 spiro atoms. The third-order valence-electron chi connectivity index (χ3n) is 4.01. The quantitative estimate of drug-likeness (QED) is 0.453. The standard InChI is InChI=1S/C19H17N7O2S/c1-26-8-6-15(25-26)13-3-2-4-14(22-13)16-11-29-19(23-16)24-17(27)10-21-18(28)12-5-7-20-9-12/h2-9,11,20H,10H2,1H3,(H,21,28)(H,23,24,27). The molecule has 0 aliphatic rings. The second kappa shape index (κ2) is 8.07. The van der Waals surface area contributed by atoms with E-state index in [2.05, 4.69) is 30.7 Å². The van der Waals surface area contributed by atoms with Crippen molar-refractivity contribution < 1.29 is 9.59 Å². The van der Waals surface area contributed by atoms with Crippen molar-refractivity contribution in [2.45, 2.75) is 0 Å². The van der Waals surface area contributed by atoms with E-state index in [0.29, 0.717) is 22.1 Å². The normalized spacial score (nSPS) is 10.7. The fraction of sp³-hybridized carbons (Fsp3) is 0.105. The lowest BCUT2D eigenvalue weighted by Gasteiger charge is -2.03. The molecule has 0 radical (unpaired) electrons. The maximum absolute atomic E-state index is 12.1. The van der Waals surface area contributed by atoms with E-state index in [1.807, 2.05) is 42.9 Å². The van der Waals surface area contributed by atoms with Crippen LogP contribution in [0.15, 0.2) is 54.3 Å². The van der Waals surface area contributed by atoms with Crippen LogP contribution in [0.25, 0.3) is 22.8 Å². The smallest absolute Gasteiger partial charge is 0.253 e. The van der Waals surface area contributed by atoms with Crippen LogP contribution < -0.4 is 10.6 Å². The fourth-order valence-corrected chi connectivity index (χ4v) is 3.33. The van der Waals surface area contributed by atoms with E-state index in [4.69, 9.17) is 0 Å². The Morgan fingerprint density at radius 1 is 1.10 bits per heavy atom. The topological polar surface area (TPSA) is 118 Å². The summed E-state index contributed by atoms with van der Waals surface area (Å²) < 4.78 is 1.72. The molecule has 2 amide bonds. The number of nitrogens with one attached hydrogen (secondary N) is 3. The van der Waals surface area contributed by atoms with Gasteiger partial charge in [-0.1, -0.05) is 6.07 Å².